The van der Waals surface area contributed by atoms with E-state index in [0.29, 0.717) is 0 Å². The van der Waals surface area contributed by atoms with Crippen LogP contribution in [0.2, 0.25) is 0 Å². The summed E-state index contributed by atoms with van der Waals surface area (Å²) in [6, 6.07) is 0. The zero-order valence-electron chi connectivity index (χ0n) is 4.43. The van der Waals surface area contributed by atoms with Gasteiger partial charge in [0.2, 0.25) is 0 Å². The average Bonchev–Trinajstić information content (AvgIpc) is 1.27. The third-order valence-corrected chi connectivity index (χ3v) is 1.26. The monoisotopic (exact) mass is 178 g/mol. The summed E-state index contributed by atoms with van der Waals surface area (Å²) in [5, 5.41) is 0. The second-order valence-corrected chi connectivity index (χ2v) is 2.16. The Morgan fingerprint density at radius 3 is 1.22 bits per heavy atom. The molecule has 0 aliphatic heterocycles. The average molecular weight is 178 g/mol. The third kappa shape index (κ3) is 18.0. The molecule has 2 unspecified atom stereocenters. The molecule has 56 valence electrons. The highest BCUT2D eigenvalue weighted by Gasteiger charge is 2.31. The molecule has 0 heterocycles. The molecule has 9 heteroatoms. The molecule has 0 aliphatic rings. The van der Waals surface area contributed by atoms with Crippen LogP contribution in [-0.2, 0) is 13.4 Å². The fourth-order valence-electron chi connectivity index (χ4n) is 0.0598. The Bertz CT molecular complexity index is 89.1. The maximum Gasteiger partial charge on any atom is 0.745 e. The third-order valence-electron chi connectivity index (χ3n) is 0.140. The Kier molecular flexibility index (Phi) is 14.2. The topological polar surface area (TPSA) is 154 Å². The van der Waals surface area contributed by atoms with E-state index < -0.39 is 16.5 Å². The predicted octanol–water partition coefficient (Wildman–Crippen LogP) is 0.626. The summed E-state index contributed by atoms with van der Waals surface area (Å²) in [5.41, 5.74) is 0. The minimum Gasteiger partial charge on any atom is -0.344 e. The molecule has 2 atom stereocenters. The van der Waals surface area contributed by atoms with Crippen molar-refractivity contribution in [2.45, 2.75) is 0 Å². The highest BCUT2D eigenvalue weighted by molar-refractivity contribution is 7.46. The lowest BCUT2D eigenvalue weighted by Gasteiger charge is -1.50. The van der Waals surface area contributed by atoms with Crippen molar-refractivity contribution in [3.8, 4) is 0 Å². The second-order valence-electron chi connectivity index (χ2n) is 0.557. The Morgan fingerprint density at radius 2 is 1.22 bits per heavy atom. The van der Waals surface area contributed by atoms with E-state index in [9.17, 15) is 9.13 Å². The maximum absolute atomic E-state index is 9.39. The van der Waals surface area contributed by atoms with Crippen molar-refractivity contribution in [2.24, 2.45) is 0 Å². The molecule has 7 nitrogen and oxygen atoms in total. The molecule has 9 heavy (non-hydrogen) atoms. The predicted molar refractivity (Wildman–Crippen MR) is 30.8 cm³/mol. The molecule has 0 rings (SSSR count). The lowest BCUT2D eigenvalue weighted by molar-refractivity contribution is 0.371. The molecule has 0 aromatic heterocycles. The van der Waals surface area contributed by atoms with Crippen LogP contribution in [0.25, 0.3) is 0 Å². The van der Waals surface area contributed by atoms with Crippen LogP contribution in [0.5, 0.6) is 0 Å². The van der Waals surface area contributed by atoms with Crippen LogP contribution in [-0.4, -0.2) is 9.79 Å². The first-order chi connectivity index (χ1) is 3.13. The van der Waals surface area contributed by atoms with Crippen molar-refractivity contribution in [3.05, 3.63) is 0 Å². The van der Waals surface area contributed by atoms with Crippen LogP contribution >= 0.6 is 16.5 Å². The van der Waals surface area contributed by atoms with E-state index in [1.54, 1.807) is 0 Å². The summed E-state index contributed by atoms with van der Waals surface area (Å²) in [7, 11) is -5.85. The molecule has 0 saturated carbocycles. The minimum absolute atomic E-state index is 0. The van der Waals surface area contributed by atoms with E-state index in [-0.39, 0.29) is 12.3 Å². The lowest BCUT2D eigenvalue weighted by atomic mass is 14.0. The number of rotatable bonds is 2. The van der Waals surface area contributed by atoms with Crippen molar-refractivity contribution in [1.82, 2.24) is 12.3 Å². The van der Waals surface area contributed by atoms with Crippen LogP contribution < -0.4 is 12.3 Å². The normalized spacial score (nSPS) is 10.4. The summed E-state index contributed by atoms with van der Waals surface area (Å²) in [5.74, 6) is 0. The first kappa shape index (κ1) is 16.0. The molecule has 0 saturated heterocycles. The van der Waals surface area contributed by atoms with E-state index in [1.807, 2.05) is 0 Å². The van der Waals surface area contributed by atoms with Gasteiger partial charge in [0.15, 0.2) is 4.31 Å². The molecule has 0 amide bonds. The van der Waals surface area contributed by atoms with Gasteiger partial charge in [0, 0.05) is 9.13 Å². The van der Waals surface area contributed by atoms with Crippen molar-refractivity contribution in [3.63, 3.8) is 0 Å². The van der Waals surface area contributed by atoms with Gasteiger partial charge >= 0.3 is 16.5 Å². The van der Waals surface area contributed by atoms with E-state index in [2.05, 4.69) is 4.31 Å². The highest BCUT2D eigenvalue weighted by atomic mass is 31.2. The van der Waals surface area contributed by atoms with E-state index in [1.165, 1.54) is 0 Å². The van der Waals surface area contributed by atoms with Gasteiger partial charge in [-0.2, -0.15) is 0 Å². The van der Waals surface area contributed by atoms with Crippen LogP contribution in [0.3, 0.4) is 0 Å². The van der Waals surface area contributed by atoms with Crippen LogP contribution in [0, 0.1) is 0 Å². The number of hydrogen-bond acceptors (Lipinski definition) is 5. The Labute approximate surface area is 53.1 Å². The molecular weight excluding hydrogens is 170 g/mol. The van der Waals surface area contributed by atoms with Gasteiger partial charge in [-0.05, 0) is 0 Å². The summed E-state index contributed by atoms with van der Waals surface area (Å²) < 4.78 is 22.2. The van der Waals surface area contributed by atoms with Gasteiger partial charge in [-0.1, -0.05) is 0 Å². The molecular formula is H8N2O5P2+2. The van der Waals surface area contributed by atoms with Crippen LogP contribution in [0.4, 0.5) is 0 Å². The van der Waals surface area contributed by atoms with Gasteiger partial charge in [0.1, 0.15) is 0 Å². The molecule has 8 N–H and O–H groups in total. The van der Waals surface area contributed by atoms with Gasteiger partial charge in [-0.15, -0.1) is 9.79 Å². The van der Waals surface area contributed by atoms with Gasteiger partial charge < -0.3 is 12.3 Å². The fourth-order valence-corrected chi connectivity index (χ4v) is 0.538. The maximum atomic E-state index is 9.39. The standard InChI is InChI=1S/2H3N.O5P2/c;;1-6(2)5-7(3)4/h2*1H3;/p+2. The van der Waals surface area contributed by atoms with Gasteiger partial charge in [-0.25, -0.2) is 0 Å². The molecule has 0 fully saturated rings. The van der Waals surface area contributed by atoms with Crippen molar-refractivity contribution in [1.29, 1.82) is 0 Å². The molecule has 0 aromatic rings. The smallest absolute Gasteiger partial charge is 0.344 e. The van der Waals surface area contributed by atoms with E-state index >= 15 is 0 Å². The van der Waals surface area contributed by atoms with Gasteiger partial charge in [-0.3, -0.25) is 0 Å². The number of hydrogen-bond donors (Lipinski definition) is 4. The molecule has 0 aliphatic carbocycles. The molecule has 0 radical (unpaired) electrons. The minimum atomic E-state index is -2.92. The molecule has 0 bridgehead atoms. The van der Waals surface area contributed by atoms with Crippen molar-refractivity contribution < 1.29 is 23.2 Å². The quantitative estimate of drug-likeness (QED) is 0.451. The highest BCUT2D eigenvalue weighted by Crippen LogP contribution is 2.30. The Balaban J connectivity index is -0.000000180. The SMILES string of the molecule is N.N.O=[P+](O)O[P+](=O)O. The summed E-state index contributed by atoms with van der Waals surface area (Å²) in [4.78, 5) is 15.3. The van der Waals surface area contributed by atoms with Crippen LogP contribution in [0.1, 0.15) is 0 Å². The Morgan fingerprint density at radius 1 is 1.00 bits per heavy atom. The van der Waals surface area contributed by atoms with Gasteiger partial charge in [0.05, 0.1) is 0 Å². The first-order valence-electron chi connectivity index (χ1n) is 1.13. The largest absolute Gasteiger partial charge is 0.745 e. The first-order valence-corrected chi connectivity index (χ1v) is 3.39. The summed E-state index contributed by atoms with van der Waals surface area (Å²) in [6.45, 7) is 0. The van der Waals surface area contributed by atoms with Crippen LogP contribution in [0.15, 0.2) is 0 Å². The Hall–Kier alpha value is -0.0000000000000000763. The van der Waals surface area contributed by atoms with Crippen molar-refractivity contribution in [2.75, 3.05) is 0 Å². The van der Waals surface area contributed by atoms with Gasteiger partial charge in [0.25, 0.3) is 0 Å². The fraction of sp³-hybridized carbons (Fsp3) is 0. The van der Waals surface area contributed by atoms with E-state index in [0.717, 1.165) is 0 Å². The zero-order chi connectivity index (χ0) is 5.86. The summed E-state index contributed by atoms with van der Waals surface area (Å²) >= 11 is 0. The summed E-state index contributed by atoms with van der Waals surface area (Å²) in [6.07, 6.45) is 0. The molecule has 0 aromatic carbocycles. The van der Waals surface area contributed by atoms with E-state index in [4.69, 9.17) is 9.79 Å². The molecule has 0 spiro atoms. The van der Waals surface area contributed by atoms with Crippen molar-refractivity contribution >= 4 is 16.5 Å². The second kappa shape index (κ2) is 8.00. The lowest BCUT2D eigenvalue weighted by Crippen LogP contribution is -1.58. The zero-order valence-corrected chi connectivity index (χ0v) is 6.22.